The number of imidazole rings is 1. The molecule has 5 nitrogen and oxygen atoms in total. The van der Waals surface area contributed by atoms with Gasteiger partial charge >= 0.3 is 0 Å². The van der Waals surface area contributed by atoms with Crippen LogP contribution in [0.25, 0.3) is 0 Å². The van der Waals surface area contributed by atoms with Crippen molar-refractivity contribution in [2.45, 2.75) is 45.9 Å². The van der Waals surface area contributed by atoms with Gasteiger partial charge < -0.3 is 19.7 Å². The maximum absolute atomic E-state index is 9.82. The van der Waals surface area contributed by atoms with Crippen molar-refractivity contribution in [1.29, 1.82) is 0 Å². The molecule has 0 saturated heterocycles. The first kappa shape index (κ1) is 16.1. The van der Waals surface area contributed by atoms with Crippen molar-refractivity contribution in [3.05, 3.63) is 18.2 Å². The van der Waals surface area contributed by atoms with Gasteiger partial charge in [0.1, 0.15) is 5.82 Å². The van der Waals surface area contributed by atoms with Crippen LogP contribution in [0.2, 0.25) is 0 Å². The highest BCUT2D eigenvalue weighted by atomic mass is 16.5. The van der Waals surface area contributed by atoms with E-state index in [4.69, 9.17) is 4.74 Å². The lowest BCUT2D eigenvalue weighted by Gasteiger charge is -2.18. The summed E-state index contributed by atoms with van der Waals surface area (Å²) in [4.78, 5) is 4.21. The fraction of sp³-hybridized carbons (Fsp3) is 0.786. The third-order valence-corrected chi connectivity index (χ3v) is 2.96. The van der Waals surface area contributed by atoms with Gasteiger partial charge in [0.2, 0.25) is 0 Å². The lowest BCUT2D eigenvalue weighted by molar-refractivity contribution is -0.00862. The van der Waals surface area contributed by atoms with Crippen LogP contribution in [0, 0.1) is 5.92 Å². The van der Waals surface area contributed by atoms with Gasteiger partial charge in [0.25, 0.3) is 0 Å². The first-order valence-corrected chi connectivity index (χ1v) is 6.95. The van der Waals surface area contributed by atoms with Gasteiger partial charge in [-0.3, -0.25) is 0 Å². The highest BCUT2D eigenvalue weighted by Gasteiger charge is 2.09. The molecule has 2 atom stereocenters. The first-order valence-electron chi connectivity index (χ1n) is 6.95. The second-order valence-corrected chi connectivity index (χ2v) is 5.51. The van der Waals surface area contributed by atoms with Gasteiger partial charge in [0.05, 0.1) is 25.4 Å². The Hall–Kier alpha value is -0.910. The molecule has 1 aromatic rings. The molecule has 19 heavy (non-hydrogen) atoms. The summed E-state index contributed by atoms with van der Waals surface area (Å²) in [5.41, 5.74) is 0. The number of nitrogens with zero attached hydrogens (tertiary/aromatic N) is 2. The molecule has 0 fully saturated rings. The Morgan fingerprint density at radius 2 is 2.16 bits per heavy atom. The SMILES string of the molecule is CC(C)CC(C)OCC(O)CNCc1nccn1C. The van der Waals surface area contributed by atoms with Crippen molar-refractivity contribution < 1.29 is 9.84 Å². The summed E-state index contributed by atoms with van der Waals surface area (Å²) in [6.07, 6.45) is 4.42. The zero-order chi connectivity index (χ0) is 14.3. The Balaban J connectivity index is 2.11. The summed E-state index contributed by atoms with van der Waals surface area (Å²) < 4.78 is 7.57. The average Bonchev–Trinajstić information content (AvgIpc) is 2.72. The number of hydrogen-bond donors (Lipinski definition) is 2. The van der Waals surface area contributed by atoms with Crippen molar-refractivity contribution in [1.82, 2.24) is 14.9 Å². The second kappa shape index (κ2) is 8.30. The molecule has 0 aliphatic carbocycles. The molecular weight excluding hydrogens is 242 g/mol. The number of aryl methyl sites for hydroxylation is 1. The van der Waals surface area contributed by atoms with Crippen LogP contribution in [0.4, 0.5) is 0 Å². The van der Waals surface area contributed by atoms with Gasteiger partial charge in [-0.1, -0.05) is 13.8 Å². The minimum atomic E-state index is -0.477. The van der Waals surface area contributed by atoms with E-state index in [1.165, 1.54) is 0 Å². The van der Waals surface area contributed by atoms with E-state index in [0.717, 1.165) is 12.2 Å². The monoisotopic (exact) mass is 269 g/mol. The Kier molecular flexibility index (Phi) is 7.05. The number of nitrogens with one attached hydrogen (secondary N) is 1. The normalized spacial score (nSPS) is 14.8. The third-order valence-electron chi connectivity index (χ3n) is 2.96. The van der Waals surface area contributed by atoms with E-state index in [0.29, 0.717) is 25.6 Å². The first-order chi connectivity index (χ1) is 8.99. The van der Waals surface area contributed by atoms with Crippen LogP contribution in [-0.4, -0.2) is 40.0 Å². The molecule has 1 heterocycles. The number of aliphatic hydroxyl groups excluding tert-OH is 1. The van der Waals surface area contributed by atoms with Crippen LogP contribution in [0.3, 0.4) is 0 Å². The Labute approximate surface area is 116 Å². The van der Waals surface area contributed by atoms with E-state index in [-0.39, 0.29) is 6.10 Å². The number of hydrogen-bond acceptors (Lipinski definition) is 4. The number of aliphatic hydroxyl groups is 1. The van der Waals surface area contributed by atoms with E-state index in [1.807, 2.05) is 24.7 Å². The summed E-state index contributed by atoms with van der Waals surface area (Å²) in [5, 5.41) is 13.0. The van der Waals surface area contributed by atoms with E-state index in [1.54, 1.807) is 6.20 Å². The van der Waals surface area contributed by atoms with E-state index in [9.17, 15) is 5.11 Å². The summed E-state index contributed by atoms with van der Waals surface area (Å²) in [6, 6.07) is 0. The molecule has 0 saturated carbocycles. The van der Waals surface area contributed by atoms with Crippen LogP contribution in [0.15, 0.2) is 12.4 Å². The fourth-order valence-corrected chi connectivity index (χ4v) is 1.98. The Morgan fingerprint density at radius 3 is 2.74 bits per heavy atom. The molecule has 110 valence electrons. The standard InChI is InChI=1S/C14H27N3O2/c1-11(2)7-12(3)19-10-13(18)8-15-9-14-16-5-6-17(14)4/h5-6,11-13,15,18H,7-10H2,1-4H3. The van der Waals surface area contributed by atoms with Gasteiger partial charge in [0, 0.05) is 26.0 Å². The van der Waals surface area contributed by atoms with Crippen molar-refractivity contribution in [3.8, 4) is 0 Å². The molecule has 0 bridgehead atoms. The quantitative estimate of drug-likeness (QED) is 0.710. The summed E-state index contributed by atoms with van der Waals surface area (Å²) in [5.74, 6) is 1.58. The molecule has 0 aliphatic heterocycles. The molecule has 0 aromatic carbocycles. The minimum Gasteiger partial charge on any atom is -0.389 e. The zero-order valence-electron chi connectivity index (χ0n) is 12.5. The fourth-order valence-electron chi connectivity index (χ4n) is 1.98. The molecule has 0 radical (unpaired) electrons. The number of rotatable bonds is 9. The van der Waals surface area contributed by atoms with Gasteiger partial charge in [-0.25, -0.2) is 4.98 Å². The molecule has 0 spiro atoms. The smallest absolute Gasteiger partial charge is 0.122 e. The lowest BCUT2D eigenvalue weighted by atomic mass is 10.1. The molecule has 0 amide bonds. The maximum Gasteiger partial charge on any atom is 0.122 e. The largest absolute Gasteiger partial charge is 0.389 e. The van der Waals surface area contributed by atoms with Crippen LogP contribution < -0.4 is 5.32 Å². The molecule has 0 aliphatic rings. The van der Waals surface area contributed by atoms with Crippen LogP contribution in [0.1, 0.15) is 33.0 Å². The molecule has 5 heteroatoms. The lowest BCUT2D eigenvalue weighted by Crippen LogP contribution is -2.32. The number of aromatic nitrogens is 2. The topological polar surface area (TPSA) is 59.3 Å². The van der Waals surface area contributed by atoms with Crippen molar-refractivity contribution >= 4 is 0 Å². The van der Waals surface area contributed by atoms with Gasteiger partial charge in [-0.05, 0) is 19.3 Å². The van der Waals surface area contributed by atoms with Crippen LogP contribution >= 0.6 is 0 Å². The Morgan fingerprint density at radius 1 is 1.42 bits per heavy atom. The van der Waals surface area contributed by atoms with Gasteiger partial charge in [-0.15, -0.1) is 0 Å². The van der Waals surface area contributed by atoms with E-state index >= 15 is 0 Å². The predicted octanol–water partition coefficient (Wildman–Crippen LogP) is 1.32. The van der Waals surface area contributed by atoms with Crippen molar-refractivity contribution in [3.63, 3.8) is 0 Å². The van der Waals surface area contributed by atoms with E-state index in [2.05, 4.69) is 24.1 Å². The number of ether oxygens (including phenoxy) is 1. The van der Waals surface area contributed by atoms with Gasteiger partial charge in [0.15, 0.2) is 0 Å². The van der Waals surface area contributed by atoms with Gasteiger partial charge in [-0.2, -0.15) is 0 Å². The average molecular weight is 269 g/mol. The second-order valence-electron chi connectivity index (χ2n) is 5.51. The molecule has 1 aromatic heterocycles. The molecular formula is C14H27N3O2. The minimum absolute atomic E-state index is 0.198. The van der Waals surface area contributed by atoms with Crippen molar-refractivity contribution in [2.75, 3.05) is 13.2 Å². The van der Waals surface area contributed by atoms with Crippen molar-refractivity contribution in [2.24, 2.45) is 13.0 Å². The highest BCUT2D eigenvalue weighted by molar-refractivity contribution is 4.90. The van der Waals surface area contributed by atoms with Crippen LogP contribution in [0.5, 0.6) is 0 Å². The molecule has 1 rings (SSSR count). The molecule has 2 N–H and O–H groups in total. The zero-order valence-corrected chi connectivity index (χ0v) is 12.5. The van der Waals surface area contributed by atoms with E-state index < -0.39 is 6.10 Å². The maximum atomic E-state index is 9.82. The summed E-state index contributed by atoms with van der Waals surface area (Å²) in [7, 11) is 1.96. The summed E-state index contributed by atoms with van der Waals surface area (Å²) in [6.45, 7) is 7.94. The predicted molar refractivity (Wildman–Crippen MR) is 75.8 cm³/mol. The Bertz CT molecular complexity index is 352. The third kappa shape index (κ3) is 6.71. The van der Waals surface area contributed by atoms with Crippen LogP contribution in [-0.2, 0) is 18.3 Å². The summed E-state index contributed by atoms with van der Waals surface area (Å²) >= 11 is 0. The molecule has 2 unspecified atom stereocenters. The highest BCUT2D eigenvalue weighted by Crippen LogP contribution is 2.07.